The Hall–Kier alpha value is -0.650. The van der Waals surface area contributed by atoms with E-state index in [2.05, 4.69) is 5.32 Å². The van der Waals surface area contributed by atoms with Crippen molar-refractivity contribution in [1.29, 1.82) is 0 Å². The number of nitrogens with one attached hydrogen (secondary N) is 1. The maximum Gasteiger partial charge on any atom is 0.306 e. The lowest BCUT2D eigenvalue weighted by molar-refractivity contribution is -0.139. The van der Waals surface area contributed by atoms with Crippen LogP contribution in [0.1, 0.15) is 12.8 Å². The fourth-order valence-electron chi connectivity index (χ4n) is 0.769. The number of hydrogen-bond donors (Lipinski definition) is 4. The lowest BCUT2D eigenvalue weighted by Gasteiger charge is -2.08. The summed E-state index contributed by atoms with van der Waals surface area (Å²) in [7, 11) is 0. The molecule has 0 aliphatic heterocycles. The van der Waals surface area contributed by atoms with Gasteiger partial charge in [0.25, 0.3) is 0 Å². The highest BCUT2D eigenvalue weighted by molar-refractivity contribution is 5.67. The third-order valence-electron chi connectivity index (χ3n) is 1.35. The Labute approximate surface area is 71.6 Å². The molecule has 0 saturated heterocycles. The van der Waals surface area contributed by atoms with E-state index in [4.69, 9.17) is 15.9 Å². The Balaban J connectivity index is 3.19. The second-order valence-electron chi connectivity index (χ2n) is 2.60. The summed E-state index contributed by atoms with van der Waals surface area (Å²) in [5, 5.41) is 20.2. The Kier molecular flexibility index (Phi) is 6.64. The Morgan fingerprint density at radius 3 is 2.75 bits per heavy atom. The predicted octanol–water partition coefficient (Wildman–Crippen LogP) is -1.24. The monoisotopic (exact) mass is 176 g/mol. The molecule has 0 spiro atoms. The van der Waals surface area contributed by atoms with Gasteiger partial charge in [-0.3, -0.25) is 4.79 Å². The van der Waals surface area contributed by atoms with E-state index in [1.165, 1.54) is 0 Å². The molecule has 0 amide bonds. The van der Waals surface area contributed by atoms with Crippen molar-refractivity contribution in [2.24, 2.45) is 5.73 Å². The molecule has 12 heavy (non-hydrogen) atoms. The molecule has 1 atom stereocenters. The summed E-state index contributed by atoms with van der Waals surface area (Å²) in [5.41, 5.74) is 5.23. The lowest BCUT2D eigenvalue weighted by Crippen LogP contribution is -2.30. The fourth-order valence-corrected chi connectivity index (χ4v) is 0.769. The van der Waals surface area contributed by atoms with E-state index >= 15 is 0 Å². The molecular weight excluding hydrogens is 160 g/mol. The second kappa shape index (κ2) is 7.02. The average molecular weight is 176 g/mol. The van der Waals surface area contributed by atoms with Crippen LogP contribution >= 0.6 is 0 Å². The van der Waals surface area contributed by atoms with Crippen LogP contribution in [0.15, 0.2) is 0 Å². The maximum atomic E-state index is 10.1. The lowest BCUT2D eigenvalue weighted by atomic mass is 10.2. The fraction of sp³-hybridized carbons (Fsp3) is 0.857. The van der Waals surface area contributed by atoms with Gasteiger partial charge in [-0.25, -0.2) is 0 Å². The van der Waals surface area contributed by atoms with Crippen molar-refractivity contribution < 1.29 is 15.0 Å². The van der Waals surface area contributed by atoms with E-state index in [-0.39, 0.29) is 6.42 Å². The molecule has 0 aromatic heterocycles. The van der Waals surface area contributed by atoms with Gasteiger partial charge in [0, 0.05) is 6.54 Å². The van der Waals surface area contributed by atoms with Crippen LogP contribution in [0.5, 0.6) is 0 Å². The molecule has 0 rings (SSSR count). The molecule has 5 nitrogen and oxygen atoms in total. The summed E-state index contributed by atoms with van der Waals surface area (Å²) in [5.74, 6) is -0.983. The van der Waals surface area contributed by atoms with Crippen LogP contribution in [0.2, 0.25) is 0 Å². The van der Waals surface area contributed by atoms with E-state index < -0.39 is 12.1 Å². The molecule has 1 unspecified atom stereocenters. The molecule has 0 fully saturated rings. The molecule has 0 aromatic rings. The first-order chi connectivity index (χ1) is 5.66. The van der Waals surface area contributed by atoms with E-state index in [1.54, 1.807) is 0 Å². The first-order valence-corrected chi connectivity index (χ1v) is 3.97. The Morgan fingerprint density at radius 2 is 2.25 bits per heavy atom. The van der Waals surface area contributed by atoms with Crippen LogP contribution in [0, 0.1) is 0 Å². The van der Waals surface area contributed by atoms with Crippen LogP contribution in [-0.2, 0) is 4.79 Å². The molecular formula is C7H16N2O3. The molecule has 0 aromatic carbocycles. The van der Waals surface area contributed by atoms with Gasteiger partial charge in [-0.15, -0.1) is 0 Å². The van der Waals surface area contributed by atoms with Gasteiger partial charge in [0.2, 0.25) is 0 Å². The molecule has 5 heteroatoms. The van der Waals surface area contributed by atoms with Gasteiger partial charge in [-0.2, -0.15) is 0 Å². The third kappa shape index (κ3) is 7.46. The van der Waals surface area contributed by atoms with Crippen molar-refractivity contribution in [2.45, 2.75) is 18.9 Å². The first kappa shape index (κ1) is 11.4. The zero-order valence-electron chi connectivity index (χ0n) is 6.99. The largest absolute Gasteiger partial charge is 0.481 e. The first-order valence-electron chi connectivity index (χ1n) is 3.97. The summed E-state index contributed by atoms with van der Waals surface area (Å²) in [6, 6.07) is 0. The summed E-state index contributed by atoms with van der Waals surface area (Å²) < 4.78 is 0. The highest BCUT2D eigenvalue weighted by Crippen LogP contribution is 1.88. The minimum Gasteiger partial charge on any atom is -0.481 e. The van der Waals surface area contributed by atoms with Crippen molar-refractivity contribution >= 4 is 5.97 Å². The van der Waals surface area contributed by atoms with Crippen molar-refractivity contribution in [2.75, 3.05) is 19.6 Å². The molecule has 0 radical (unpaired) electrons. The summed E-state index contributed by atoms with van der Waals surface area (Å²) in [6.07, 6.45) is -0.185. The van der Waals surface area contributed by atoms with Crippen molar-refractivity contribution in [3.63, 3.8) is 0 Å². The molecule has 0 heterocycles. The number of aliphatic hydroxyl groups excluding tert-OH is 1. The molecule has 72 valence electrons. The summed E-state index contributed by atoms with van der Waals surface area (Å²) in [4.78, 5) is 10.1. The highest BCUT2D eigenvalue weighted by Gasteiger charge is 2.07. The van der Waals surface area contributed by atoms with Gasteiger partial charge in [0.1, 0.15) is 0 Å². The zero-order valence-corrected chi connectivity index (χ0v) is 6.99. The van der Waals surface area contributed by atoms with Gasteiger partial charge in [0.05, 0.1) is 12.5 Å². The van der Waals surface area contributed by atoms with E-state index in [0.717, 1.165) is 6.42 Å². The van der Waals surface area contributed by atoms with Gasteiger partial charge in [-0.05, 0) is 19.5 Å². The zero-order chi connectivity index (χ0) is 9.40. The van der Waals surface area contributed by atoms with Crippen LogP contribution in [0.4, 0.5) is 0 Å². The van der Waals surface area contributed by atoms with Gasteiger partial charge in [0.15, 0.2) is 0 Å². The minimum atomic E-state index is -0.983. The van der Waals surface area contributed by atoms with E-state index in [0.29, 0.717) is 19.6 Å². The number of rotatable bonds is 7. The smallest absolute Gasteiger partial charge is 0.306 e. The van der Waals surface area contributed by atoms with Gasteiger partial charge < -0.3 is 21.3 Å². The number of aliphatic hydroxyl groups is 1. The van der Waals surface area contributed by atoms with Crippen molar-refractivity contribution in [3.8, 4) is 0 Å². The van der Waals surface area contributed by atoms with Crippen molar-refractivity contribution in [1.82, 2.24) is 5.32 Å². The SMILES string of the molecule is NCCCNCC(O)CC(=O)O. The average Bonchev–Trinajstić information content (AvgIpc) is 1.97. The molecule has 5 N–H and O–H groups in total. The van der Waals surface area contributed by atoms with Crippen LogP contribution in [-0.4, -0.2) is 41.9 Å². The van der Waals surface area contributed by atoms with Crippen LogP contribution in [0.3, 0.4) is 0 Å². The van der Waals surface area contributed by atoms with Gasteiger partial charge in [-0.1, -0.05) is 0 Å². The number of nitrogens with two attached hydrogens (primary N) is 1. The predicted molar refractivity (Wildman–Crippen MR) is 44.8 cm³/mol. The molecule has 0 bridgehead atoms. The van der Waals surface area contributed by atoms with Gasteiger partial charge >= 0.3 is 5.97 Å². The standard InChI is InChI=1S/C7H16N2O3/c8-2-1-3-9-5-6(10)4-7(11)12/h6,9-10H,1-5,8H2,(H,11,12). The minimum absolute atomic E-state index is 0.213. The number of hydrogen-bond acceptors (Lipinski definition) is 4. The molecule has 0 saturated carbocycles. The highest BCUT2D eigenvalue weighted by atomic mass is 16.4. The van der Waals surface area contributed by atoms with E-state index in [1.807, 2.05) is 0 Å². The maximum absolute atomic E-state index is 10.1. The third-order valence-corrected chi connectivity index (χ3v) is 1.35. The summed E-state index contributed by atoms with van der Waals surface area (Å²) >= 11 is 0. The van der Waals surface area contributed by atoms with Crippen LogP contribution in [0.25, 0.3) is 0 Å². The van der Waals surface area contributed by atoms with Crippen LogP contribution < -0.4 is 11.1 Å². The quantitative estimate of drug-likeness (QED) is 0.364. The topological polar surface area (TPSA) is 95.6 Å². The normalized spacial score (nSPS) is 12.8. The van der Waals surface area contributed by atoms with Crippen molar-refractivity contribution in [3.05, 3.63) is 0 Å². The second-order valence-corrected chi connectivity index (χ2v) is 2.60. The Morgan fingerprint density at radius 1 is 1.58 bits per heavy atom. The summed E-state index contributed by atoms with van der Waals surface area (Å²) in [6.45, 7) is 1.63. The number of carboxylic acid groups (broad SMARTS) is 1. The van der Waals surface area contributed by atoms with E-state index in [9.17, 15) is 4.79 Å². The Bertz CT molecular complexity index is 130. The number of carbonyl (C=O) groups is 1. The number of aliphatic carboxylic acids is 1. The molecule has 0 aliphatic carbocycles. The molecule has 0 aliphatic rings. The number of carboxylic acids is 1.